The number of carbonyl (C=O) groups excluding carboxylic acids is 1. The third kappa shape index (κ3) is 4.78. The van der Waals surface area contributed by atoms with Crippen molar-refractivity contribution in [1.82, 2.24) is 0 Å². The second-order valence-corrected chi connectivity index (χ2v) is 2.42. The second kappa shape index (κ2) is 8.01. The summed E-state index contributed by atoms with van der Waals surface area (Å²) in [7, 11) is 0. The zero-order valence-electron chi connectivity index (χ0n) is 8.13. The van der Waals surface area contributed by atoms with Crippen molar-refractivity contribution < 1.29 is 25.9 Å². The molecule has 14 heavy (non-hydrogen) atoms. The molecule has 1 aromatic rings. The Bertz CT molecular complexity index is 289. The van der Waals surface area contributed by atoms with Gasteiger partial charge in [0.15, 0.2) is 0 Å². The van der Waals surface area contributed by atoms with Crippen LogP contribution in [0.15, 0.2) is 24.3 Å². The van der Waals surface area contributed by atoms with Crippen molar-refractivity contribution in [2.24, 2.45) is 0 Å². The first kappa shape index (κ1) is 13.7. The summed E-state index contributed by atoms with van der Waals surface area (Å²) in [5.41, 5.74) is 1.38. The molecule has 0 atom stereocenters. The quantitative estimate of drug-likeness (QED) is 0.477. The number of rotatable bonds is 2. The number of hydrogen-bond acceptors (Lipinski definition) is 2. The summed E-state index contributed by atoms with van der Waals surface area (Å²) in [6.45, 7) is 5.90. The molecule has 4 heteroatoms. The van der Waals surface area contributed by atoms with Crippen molar-refractivity contribution >= 4 is 19.6 Å². The summed E-state index contributed by atoms with van der Waals surface area (Å²) in [6, 6.07) is 7.04. The summed E-state index contributed by atoms with van der Waals surface area (Å²) < 4.78 is 4.82. The number of ether oxygens (including phenoxy) is 1. The first-order valence-electron chi connectivity index (χ1n) is 4.10. The monoisotopic (exact) mass is 306 g/mol. The Balaban J connectivity index is 0.000000791. The molecule has 0 saturated carbocycles. The third-order valence-corrected chi connectivity index (χ3v) is 1.44. The Hall–Kier alpha value is -0.337. The van der Waals surface area contributed by atoms with Crippen LogP contribution in [0.3, 0.4) is 0 Å². The number of carbonyl (C=O) groups is 1. The average molecular weight is 308 g/mol. The van der Waals surface area contributed by atoms with Crippen LogP contribution in [0.5, 0.6) is 0 Å². The Morgan fingerprint density at radius 2 is 2.21 bits per heavy atom. The molecule has 0 spiro atoms. The van der Waals surface area contributed by atoms with Gasteiger partial charge in [-0.3, -0.25) is 0 Å². The van der Waals surface area contributed by atoms with Gasteiger partial charge in [-0.25, -0.2) is 4.79 Å². The van der Waals surface area contributed by atoms with Crippen LogP contribution in [-0.2, 0) is 21.1 Å². The van der Waals surface area contributed by atoms with Crippen LogP contribution in [0.1, 0.15) is 22.8 Å². The summed E-state index contributed by atoms with van der Waals surface area (Å²) in [5, 5.41) is 0. The average Bonchev–Trinajstić information content (AvgIpc) is 2.21. The zero-order valence-corrected chi connectivity index (χ0v) is 12.7. The van der Waals surface area contributed by atoms with Crippen molar-refractivity contribution in [1.29, 1.82) is 0 Å². The van der Waals surface area contributed by atoms with Gasteiger partial charge in [-0.05, 0) is 6.92 Å². The minimum atomic E-state index is -0.289. The molecule has 0 heterocycles. The fraction of sp³-hybridized carbons (Fsp3) is 0.200. The van der Waals surface area contributed by atoms with Gasteiger partial charge in [0.2, 0.25) is 0 Å². The van der Waals surface area contributed by atoms with Gasteiger partial charge in [-0.2, -0.15) is 18.6 Å². The van der Waals surface area contributed by atoms with Gasteiger partial charge in [-0.1, -0.05) is 6.07 Å². The zero-order chi connectivity index (χ0) is 11.0. The van der Waals surface area contributed by atoms with Gasteiger partial charge >= 0.3 is 35.9 Å². The summed E-state index contributed by atoms with van der Waals surface area (Å²) in [5.74, 6) is -0.289. The van der Waals surface area contributed by atoms with E-state index in [2.05, 4.69) is 20.5 Å². The fourth-order valence-corrected chi connectivity index (χ4v) is 0.913. The molecule has 72 valence electrons. The van der Waals surface area contributed by atoms with Crippen molar-refractivity contribution in [3.8, 4) is 0 Å². The molecule has 0 radical (unpaired) electrons. The molecule has 0 unspecified atom stereocenters. The molecular weight excluding hydrogens is 297 g/mol. The van der Waals surface area contributed by atoms with E-state index in [-0.39, 0.29) is 5.97 Å². The van der Waals surface area contributed by atoms with Crippen LogP contribution in [-0.4, -0.2) is 12.6 Å². The first-order chi connectivity index (χ1) is 6.74. The van der Waals surface area contributed by atoms with Crippen molar-refractivity contribution in [3.63, 3.8) is 0 Å². The Kier molecular flexibility index (Phi) is 7.82. The Morgan fingerprint density at radius 3 is 2.71 bits per heavy atom. The van der Waals surface area contributed by atoms with Crippen LogP contribution in [0, 0.1) is 6.92 Å². The molecule has 0 aliphatic carbocycles. The molecule has 1 rings (SSSR count). The molecule has 0 aliphatic heterocycles. The van der Waals surface area contributed by atoms with Crippen LogP contribution >= 0.6 is 13.6 Å². The second-order valence-electron chi connectivity index (χ2n) is 2.42. The molecule has 2 nitrogen and oxygen atoms in total. The molecule has 0 fully saturated rings. The van der Waals surface area contributed by atoms with Crippen molar-refractivity contribution in [3.05, 3.63) is 42.3 Å². The van der Waals surface area contributed by atoms with E-state index >= 15 is 0 Å². The molecule has 0 aromatic heterocycles. The van der Waals surface area contributed by atoms with Gasteiger partial charge in [-0.15, -0.1) is 12.1 Å². The molecule has 0 saturated heterocycles. The maximum absolute atomic E-state index is 11.1. The van der Waals surface area contributed by atoms with Gasteiger partial charge in [0.25, 0.3) is 0 Å². The van der Waals surface area contributed by atoms with E-state index in [0.717, 1.165) is 5.56 Å². The van der Waals surface area contributed by atoms with E-state index < -0.39 is 0 Å². The van der Waals surface area contributed by atoms with Gasteiger partial charge < -0.3 is 4.74 Å². The van der Waals surface area contributed by atoms with Gasteiger partial charge in [0.05, 0.1) is 6.61 Å². The maximum atomic E-state index is 11.1. The molecular formula is C10H11BrO2Zn. The van der Waals surface area contributed by atoms with E-state index in [4.69, 9.17) is 4.74 Å². The summed E-state index contributed by atoms with van der Waals surface area (Å²) >= 11 is 4.25. The number of hydrogen-bond donors (Lipinski definition) is 0. The molecule has 0 bridgehead atoms. The first-order valence-corrected chi connectivity index (χ1v) is 11.0. The van der Waals surface area contributed by atoms with Crippen molar-refractivity contribution in [2.75, 3.05) is 6.61 Å². The van der Waals surface area contributed by atoms with Gasteiger partial charge in [0.1, 0.15) is 0 Å². The molecule has 1 aromatic carbocycles. The molecule has 0 aliphatic rings. The van der Waals surface area contributed by atoms with E-state index in [9.17, 15) is 4.79 Å². The molecule has 0 N–H and O–H groups in total. The number of halogens is 1. The summed E-state index contributed by atoms with van der Waals surface area (Å²) in [4.78, 5) is 11.1. The number of benzene rings is 1. The minimum absolute atomic E-state index is 0.289. The number of esters is 1. The van der Waals surface area contributed by atoms with Crippen molar-refractivity contribution in [2.45, 2.75) is 6.92 Å². The van der Waals surface area contributed by atoms with Crippen LogP contribution in [0.2, 0.25) is 0 Å². The van der Waals surface area contributed by atoms with Crippen LogP contribution < -0.4 is 0 Å². The Labute approximate surface area is 101 Å². The third-order valence-electron chi connectivity index (χ3n) is 1.44. The van der Waals surface area contributed by atoms with Crippen LogP contribution in [0.25, 0.3) is 0 Å². The SMILES string of the molecule is [CH2-]c1cccc(C(=O)OCC)c1.[Zn+][Br]. The normalized spacial score (nSPS) is 8.57. The van der Waals surface area contributed by atoms with Crippen LogP contribution in [0.4, 0.5) is 0 Å². The van der Waals surface area contributed by atoms with Gasteiger partial charge in [0, 0.05) is 5.56 Å². The predicted molar refractivity (Wildman–Crippen MR) is 55.8 cm³/mol. The molecule has 0 amide bonds. The standard InChI is InChI=1S/C10H11O2.BrH.Zn/c1-3-12-10(11)9-6-4-5-8(2)7-9;;/h4-7H,2-3H2,1H3;1H;/q-1;;+2/p-1. The van der Waals surface area contributed by atoms with E-state index in [1.165, 1.54) is 16.3 Å². The topological polar surface area (TPSA) is 26.3 Å². The fourth-order valence-electron chi connectivity index (χ4n) is 0.913. The van der Waals surface area contributed by atoms with E-state index in [1.54, 1.807) is 25.1 Å². The van der Waals surface area contributed by atoms with E-state index in [1.807, 2.05) is 6.07 Å². The summed E-state index contributed by atoms with van der Waals surface area (Å²) in [6.07, 6.45) is 0. The Morgan fingerprint density at radius 1 is 1.57 bits per heavy atom. The van der Waals surface area contributed by atoms with E-state index in [0.29, 0.717) is 12.2 Å². The predicted octanol–water partition coefficient (Wildman–Crippen LogP) is 2.89.